The van der Waals surface area contributed by atoms with Gasteiger partial charge in [-0.3, -0.25) is 0 Å². The Bertz CT molecular complexity index is 800. The van der Waals surface area contributed by atoms with Crippen molar-refractivity contribution in [1.82, 2.24) is 4.98 Å². The van der Waals surface area contributed by atoms with Crippen LogP contribution in [0.5, 0.6) is 11.5 Å². The number of hydrogen-bond donors (Lipinski definition) is 2. The predicted molar refractivity (Wildman–Crippen MR) is 84.4 cm³/mol. The van der Waals surface area contributed by atoms with E-state index in [0.29, 0.717) is 0 Å². The first kappa shape index (κ1) is 13.2. The fourth-order valence-electron chi connectivity index (χ4n) is 2.30. The molecular weight excluding hydrogens is 264 g/mol. The third kappa shape index (κ3) is 2.74. The molecule has 0 atom stereocenters. The molecule has 0 bridgehead atoms. The molecule has 3 rings (SSSR count). The average molecular weight is 280 g/mol. The van der Waals surface area contributed by atoms with Crippen LogP contribution < -0.4 is 10.1 Å². The zero-order valence-electron chi connectivity index (χ0n) is 11.9. The standard InChI is InChI=1S/C17H16N2O2/c1-11-8-17(18-12-4-3-5-14(9-12)21-2)19-16-10-13(20)6-7-15(11)16/h3-10,20H,1-2H3,(H,18,19). The predicted octanol–water partition coefficient (Wildman–Crippen LogP) is 4.00. The number of aromatic hydroxyl groups is 1. The van der Waals surface area contributed by atoms with Crippen molar-refractivity contribution in [3.8, 4) is 11.5 Å². The average Bonchev–Trinajstić information content (AvgIpc) is 2.47. The van der Waals surface area contributed by atoms with E-state index >= 15 is 0 Å². The van der Waals surface area contributed by atoms with Gasteiger partial charge in [-0.05, 0) is 42.8 Å². The number of nitrogens with one attached hydrogen (secondary N) is 1. The number of pyridine rings is 1. The molecule has 0 fully saturated rings. The Hall–Kier alpha value is -2.75. The van der Waals surface area contributed by atoms with Crippen LogP contribution in [0.15, 0.2) is 48.5 Å². The van der Waals surface area contributed by atoms with Crippen LogP contribution in [-0.2, 0) is 0 Å². The second-order valence-electron chi connectivity index (χ2n) is 4.88. The van der Waals surface area contributed by atoms with Gasteiger partial charge >= 0.3 is 0 Å². The Kier molecular flexibility index (Phi) is 3.36. The maximum absolute atomic E-state index is 9.59. The number of ether oxygens (including phenoxy) is 1. The van der Waals surface area contributed by atoms with Crippen LogP contribution in [0, 0.1) is 6.92 Å². The van der Waals surface area contributed by atoms with Crippen molar-refractivity contribution in [3.63, 3.8) is 0 Å². The van der Waals surface area contributed by atoms with Gasteiger partial charge in [0.05, 0.1) is 12.6 Å². The molecule has 3 aromatic rings. The fourth-order valence-corrected chi connectivity index (χ4v) is 2.30. The number of phenolic OH excluding ortho intramolecular Hbond substituents is 1. The second kappa shape index (κ2) is 5.32. The summed E-state index contributed by atoms with van der Waals surface area (Å²) in [6.07, 6.45) is 0. The van der Waals surface area contributed by atoms with Crippen molar-refractivity contribution in [2.45, 2.75) is 6.92 Å². The van der Waals surface area contributed by atoms with Crippen LogP contribution in [0.1, 0.15) is 5.56 Å². The minimum atomic E-state index is 0.216. The van der Waals surface area contributed by atoms with E-state index in [0.717, 1.165) is 33.7 Å². The highest BCUT2D eigenvalue weighted by Gasteiger charge is 2.05. The molecule has 1 aromatic heterocycles. The zero-order valence-corrected chi connectivity index (χ0v) is 11.9. The van der Waals surface area contributed by atoms with E-state index in [2.05, 4.69) is 10.3 Å². The summed E-state index contributed by atoms with van der Waals surface area (Å²) < 4.78 is 5.21. The monoisotopic (exact) mass is 280 g/mol. The minimum absolute atomic E-state index is 0.216. The molecule has 0 aliphatic rings. The summed E-state index contributed by atoms with van der Waals surface area (Å²) in [4.78, 5) is 4.54. The SMILES string of the molecule is COc1cccc(Nc2cc(C)c3ccc(O)cc3n2)c1. The Morgan fingerprint density at radius 3 is 2.76 bits per heavy atom. The summed E-state index contributed by atoms with van der Waals surface area (Å²) in [6.45, 7) is 2.03. The van der Waals surface area contributed by atoms with E-state index in [1.807, 2.05) is 43.3 Å². The van der Waals surface area contributed by atoms with Crippen LogP contribution in [0.4, 0.5) is 11.5 Å². The van der Waals surface area contributed by atoms with Gasteiger partial charge in [0, 0.05) is 23.2 Å². The first-order valence-electron chi connectivity index (χ1n) is 6.67. The van der Waals surface area contributed by atoms with E-state index in [-0.39, 0.29) is 5.75 Å². The van der Waals surface area contributed by atoms with Gasteiger partial charge in [0.25, 0.3) is 0 Å². The molecule has 4 heteroatoms. The summed E-state index contributed by atoms with van der Waals surface area (Å²) in [7, 11) is 1.64. The smallest absolute Gasteiger partial charge is 0.131 e. The number of rotatable bonds is 3. The quantitative estimate of drug-likeness (QED) is 0.761. The molecule has 0 aliphatic carbocycles. The molecule has 0 aliphatic heterocycles. The van der Waals surface area contributed by atoms with Gasteiger partial charge in [-0.25, -0.2) is 4.98 Å². The Morgan fingerprint density at radius 1 is 1.10 bits per heavy atom. The molecule has 21 heavy (non-hydrogen) atoms. The van der Waals surface area contributed by atoms with Gasteiger partial charge in [-0.2, -0.15) is 0 Å². The van der Waals surface area contributed by atoms with Crippen molar-refractivity contribution in [1.29, 1.82) is 0 Å². The maximum atomic E-state index is 9.59. The van der Waals surface area contributed by atoms with E-state index < -0.39 is 0 Å². The van der Waals surface area contributed by atoms with Crippen LogP contribution in [0.2, 0.25) is 0 Å². The number of benzene rings is 2. The lowest BCUT2D eigenvalue weighted by Gasteiger charge is -2.10. The fraction of sp³-hybridized carbons (Fsp3) is 0.118. The topological polar surface area (TPSA) is 54.4 Å². The molecule has 1 heterocycles. The number of methoxy groups -OCH3 is 1. The van der Waals surface area contributed by atoms with E-state index in [4.69, 9.17) is 4.74 Å². The van der Waals surface area contributed by atoms with Gasteiger partial charge in [-0.1, -0.05) is 6.07 Å². The number of aryl methyl sites for hydroxylation is 1. The van der Waals surface area contributed by atoms with Crippen molar-refractivity contribution in [3.05, 3.63) is 54.1 Å². The zero-order chi connectivity index (χ0) is 14.8. The number of anilines is 2. The van der Waals surface area contributed by atoms with Gasteiger partial charge < -0.3 is 15.2 Å². The van der Waals surface area contributed by atoms with Crippen LogP contribution in [0.25, 0.3) is 10.9 Å². The second-order valence-corrected chi connectivity index (χ2v) is 4.88. The highest BCUT2D eigenvalue weighted by Crippen LogP contribution is 2.26. The number of fused-ring (bicyclic) bond motifs is 1. The Balaban J connectivity index is 2.00. The first-order chi connectivity index (χ1) is 10.2. The molecular formula is C17H16N2O2. The third-order valence-electron chi connectivity index (χ3n) is 3.34. The first-order valence-corrected chi connectivity index (χ1v) is 6.67. The van der Waals surface area contributed by atoms with Gasteiger partial charge in [0.2, 0.25) is 0 Å². The largest absolute Gasteiger partial charge is 0.508 e. The number of phenols is 1. The van der Waals surface area contributed by atoms with Crippen LogP contribution in [0.3, 0.4) is 0 Å². The minimum Gasteiger partial charge on any atom is -0.508 e. The summed E-state index contributed by atoms with van der Waals surface area (Å²) in [5, 5.41) is 13.9. The molecule has 2 N–H and O–H groups in total. The number of aromatic nitrogens is 1. The normalized spacial score (nSPS) is 10.6. The molecule has 4 nitrogen and oxygen atoms in total. The lowest BCUT2D eigenvalue weighted by Crippen LogP contribution is -1.96. The summed E-state index contributed by atoms with van der Waals surface area (Å²) in [5.74, 6) is 1.74. The molecule has 0 amide bonds. The highest BCUT2D eigenvalue weighted by molar-refractivity contribution is 5.85. The molecule has 0 spiro atoms. The van der Waals surface area contributed by atoms with E-state index in [1.54, 1.807) is 19.2 Å². The molecule has 0 saturated carbocycles. The molecule has 0 saturated heterocycles. The lowest BCUT2D eigenvalue weighted by molar-refractivity contribution is 0.415. The summed E-state index contributed by atoms with van der Waals surface area (Å²) >= 11 is 0. The van der Waals surface area contributed by atoms with Gasteiger partial charge in [0.15, 0.2) is 0 Å². The van der Waals surface area contributed by atoms with E-state index in [1.165, 1.54) is 0 Å². The molecule has 2 aromatic carbocycles. The van der Waals surface area contributed by atoms with Crippen LogP contribution >= 0.6 is 0 Å². The molecule has 106 valence electrons. The summed E-state index contributed by atoms with van der Waals surface area (Å²) in [6, 6.07) is 14.9. The molecule has 0 unspecified atom stereocenters. The molecule has 0 radical (unpaired) electrons. The van der Waals surface area contributed by atoms with Gasteiger partial charge in [-0.15, -0.1) is 0 Å². The van der Waals surface area contributed by atoms with E-state index in [9.17, 15) is 5.11 Å². The van der Waals surface area contributed by atoms with Crippen molar-refractivity contribution >= 4 is 22.4 Å². The lowest BCUT2D eigenvalue weighted by atomic mass is 10.1. The third-order valence-corrected chi connectivity index (χ3v) is 3.34. The Morgan fingerprint density at radius 2 is 1.95 bits per heavy atom. The number of nitrogens with zero attached hydrogens (tertiary/aromatic N) is 1. The van der Waals surface area contributed by atoms with Crippen LogP contribution in [-0.4, -0.2) is 17.2 Å². The maximum Gasteiger partial charge on any atom is 0.131 e. The van der Waals surface area contributed by atoms with Crippen molar-refractivity contribution < 1.29 is 9.84 Å². The Labute approximate surface area is 123 Å². The van der Waals surface area contributed by atoms with Crippen molar-refractivity contribution in [2.24, 2.45) is 0 Å². The highest BCUT2D eigenvalue weighted by atomic mass is 16.5. The number of hydrogen-bond acceptors (Lipinski definition) is 4. The summed E-state index contributed by atoms with van der Waals surface area (Å²) in [5.41, 5.74) is 2.77. The van der Waals surface area contributed by atoms with Gasteiger partial charge in [0.1, 0.15) is 17.3 Å². The van der Waals surface area contributed by atoms with Crippen molar-refractivity contribution in [2.75, 3.05) is 12.4 Å².